The molecule has 0 fully saturated rings. The lowest BCUT2D eigenvalue weighted by atomic mass is 10.2. The maximum Gasteiger partial charge on any atom is 0.240 e. The van der Waals surface area contributed by atoms with E-state index in [1.807, 2.05) is 32.0 Å². The lowest BCUT2D eigenvalue weighted by Crippen LogP contribution is -2.40. The van der Waals surface area contributed by atoms with Crippen LogP contribution >= 0.6 is 0 Å². The molecule has 2 aromatic rings. The van der Waals surface area contributed by atoms with Gasteiger partial charge in [0, 0.05) is 6.07 Å². The zero-order valence-electron chi connectivity index (χ0n) is 15.3. The van der Waals surface area contributed by atoms with Crippen LogP contribution in [0.2, 0.25) is 0 Å². The minimum absolute atomic E-state index is 0.0911. The highest BCUT2D eigenvalue weighted by Gasteiger charge is 2.24. The third-order valence-electron chi connectivity index (χ3n) is 3.89. The minimum Gasteiger partial charge on any atom is -0.490 e. The van der Waals surface area contributed by atoms with E-state index in [9.17, 15) is 8.42 Å². The summed E-state index contributed by atoms with van der Waals surface area (Å²) in [7, 11) is -3.73. The molecule has 0 amide bonds. The Bertz CT molecular complexity index is 884. The normalized spacial score (nSPS) is 16.0. The molecule has 0 bridgehead atoms. The van der Waals surface area contributed by atoms with Crippen LogP contribution in [0.5, 0.6) is 23.0 Å². The summed E-state index contributed by atoms with van der Waals surface area (Å²) in [6.45, 7) is 4.91. The van der Waals surface area contributed by atoms with Crippen LogP contribution in [-0.4, -0.2) is 40.9 Å². The molecule has 1 aliphatic rings. The molecule has 0 unspecified atom stereocenters. The molecule has 0 spiro atoms. The van der Waals surface area contributed by atoms with E-state index in [-0.39, 0.29) is 18.0 Å². The van der Waals surface area contributed by atoms with E-state index in [0.717, 1.165) is 0 Å². The maximum atomic E-state index is 12.6. The number of fused-ring (bicyclic) bond motifs is 1. The van der Waals surface area contributed by atoms with Gasteiger partial charge in [-0.05, 0) is 38.1 Å². The fraction of sp³-hybridized carbons (Fsp3) is 0.368. The molecular weight excluding hydrogens is 370 g/mol. The fourth-order valence-corrected chi connectivity index (χ4v) is 3.73. The summed E-state index contributed by atoms with van der Waals surface area (Å²) < 4.78 is 50.2. The minimum atomic E-state index is -3.73. The molecule has 0 radical (unpaired) electrons. The third-order valence-corrected chi connectivity index (χ3v) is 5.31. The van der Waals surface area contributed by atoms with E-state index in [1.165, 1.54) is 12.1 Å². The van der Waals surface area contributed by atoms with E-state index < -0.39 is 16.1 Å². The Labute approximate surface area is 159 Å². The second-order valence-electron chi connectivity index (χ2n) is 5.82. The van der Waals surface area contributed by atoms with Crippen molar-refractivity contribution in [2.45, 2.75) is 24.8 Å². The van der Waals surface area contributed by atoms with Crippen molar-refractivity contribution in [3.05, 3.63) is 42.5 Å². The highest BCUT2D eigenvalue weighted by atomic mass is 32.2. The number of para-hydroxylation sites is 2. The summed E-state index contributed by atoms with van der Waals surface area (Å²) >= 11 is 0. The molecule has 7 nitrogen and oxygen atoms in total. The Hall–Kier alpha value is -2.45. The van der Waals surface area contributed by atoms with Gasteiger partial charge < -0.3 is 18.9 Å². The molecule has 1 aliphatic heterocycles. The van der Waals surface area contributed by atoms with Crippen LogP contribution in [0.3, 0.4) is 0 Å². The number of hydrogen-bond donors (Lipinski definition) is 1. The highest BCUT2D eigenvalue weighted by molar-refractivity contribution is 7.89. The topological polar surface area (TPSA) is 83.1 Å². The van der Waals surface area contributed by atoms with E-state index in [1.54, 1.807) is 12.1 Å². The van der Waals surface area contributed by atoms with Gasteiger partial charge in [0.05, 0.1) is 24.7 Å². The van der Waals surface area contributed by atoms with Gasteiger partial charge >= 0.3 is 0 Å². The predicted octanol–water partition coefficient (Wildman–Crippen LogP) is 2.60. The first-order valence-corrected chi connectivity index (χ1v) is 10.3. The van der Waals surface area contributed by atoms with Gasteiger partial charge in [-0.25, -0.2) is 13.1 Å². The Morgan fingerprint density at radius 3 is 2.48 bits per heavy atom. The standard InChI is InChI=1S/C19H23NO6S/c1-3-23-17-10-9-15(11-19(17)24-4-2)27(21,22)20-12-14-13-25-16-7-5-6-8-18(16)26-14/h5-11,14,20H,3-4,12-13H2,1-2H3/t14-/m0/s1. The Kier molecular flexibility index (Phi) is 6.08. The van der Waals surface area contributed by atoms with Gasteiger partial charge in [-0.1, -0.05) is 12.1 Å². The average Bonchev–Trinajstić information content (AvgIpc) is 2.68. The number of sulfonamides is 1. The largest absolute Gasteiger partial charge is 0.490 e. The molecular formula is C19H23NO6S. The molecule has 2 aromatic carbocycles. The van der Waals surface area contributed by atoms with Crippen molar-refractivity contribution < 1.29 is 27.4 Å². The fourth-order valence-electron chi connectivity index (χ4n) is 2.65. The van der Waals surface area contributed by atoms with Crippen molar-refractivity contribution >= 4 is 10.0 Å². The van der Waals surface area contributed by atoms with Gasteiger partial charge in [0.2, 0.25) is 10.0 Å². The molecule has 0 aromatic heterocycles. The van der Waals surface area contributed by atoms with Crippen molar-refractivity contribution in [1.82, 2.24) is 4.72 Å². The van der Waals surface area contributed by atoms with Crippen LogP contribution in [-0.2, 0) is 10.0 Å². The summed E-state index contributed by atoms with van der Waals surface area (Å²) in [4.78, 5) is 0.103. The number of rotatable bonds is 8. The third kappa shape index (κ3) is 4.64. The highest BCUT2D eigenvalue weighted by Crippen LogP contribution is 2.32. The zero-order chi connectivity index (χ0) is 19.3. The van der Waals surface area contributed by atoms with Crippen LogP contribution in [0.1, 0.15) is 13.8 Å². The van der Waals surface area contributed by atoms with Crippen molar-refractivity contribution in [3.8, 4) is 23.0 Å². The first-order chi connectivity index (χ1) is 13.0. The second kappa shape index (κ2) is 8.49. The summed E-state index contributed by atoms with van der Waals surface area (Å²) in [5.74, 6) is 2.17. The van der Waals surface area contributed by atoms with Crippen LogP contribution < -0.4 is 23.7 Å². The summed E-state index contributed by atoms with van der Waals surface area (Å²) in [6, 6.07) is 11.8. The van der Waals surface area contributed by atoms with Crippen molar-refractivity contribution in [2.24, 2.45) is 0 Å². The second-order valence-corrected chi connectivity index (χ2v) is 7.59. The van der Waals surface area contributed by atoms with E-state index in [4.69, 9.17) is 18.9 Å². The predicted molar refractivity (Wildman–Crippen MR) is 100 cm³/mol. The number of nitrogens with one attached hydrogen (secondary N) is 1. The van der Waals surface area contributed by atoms with E-state index in [2.05, 4.69) is 4.72 Å². The first kappa shape index (κ1) is 19.3. The molecule has 146 valence electrons. The molecule has 1 atom stereocenters. The molecule has 1 heterocycles. The molecule has 0 saturated heterocycles. The molecule has 0 saturated carbocycles. The smallest absolute Gasteiger partial charge is 0.240 e. The van der Waals surface area contributed by atoms with Gasteiger partial charge in [-0.15, -0.1) is 0 Å². The van der Waals surface area contributed by atoms with E-state index >= 15 is 0 Å². The lowest BCUT2D eigenvalue weighted by molar-refractivity contribution is 0.0943. The van der Waals surface area contributed by atoms with E-state index in [0.29, 0.717) is 36.2 Å². The first-order valence-electron chi connectivity index (χ1n) is 8.81. The quantitative estimate of drug-likeness (QED) is 0.742. The Morgan fingerprint density at radius 2 is 1.74 bits per heavy atom. The monoisotopic (exact) mass is 393 g/mol. The molecule has 8 heteroatoms. The van der Waals surface area contributed by atoms with Crippen molar-refractivity contribution in [1.29, 1.82) is 0 Å². The van der Waals surface area contributed by atoms with Crippen molar-refractivity contribution in [2.75, 3.05) is 26.4 Å². The summed E-state index contributed by atoms with van der Waals surface area (Å²) in [5, 5.41) is 0. The van der Waals surface area contributed by atoms with Crippen LogP contribution in [0.25, 0.3) is 0 Å². The average molecular weight is 393 g/mol. The maximum absolute atomic E-state index is 12.6. The molecule has 3 rings (SSSR count). The van der Waals surface area contributed by atoms with Gasteiger partial charge in [-0.2, -0.15) is 0 Å². The van der Waals surface area contributed by atoms with Crippen LogP contribution in [0.15, 0.2) is 47.4 Å². The van der Waals surface area contributed by atoms with Crippen LogP contribution in [0.4, 0.5) is 0 Å². The molecule has 0 aliphatic carbocycles. The van der Waals surface area contributed by atoms with Gasteiger partial charge in [0.25, 0.3) is 0 Å². The summed E-state index contributed by atoms with van der Waals surface area (Å²) in [5.41, 5.74) is 0. The van der Waals surface area contributed by atoms with Gasteiger partial charge in [0.15, 0.2) is 23.0 Å². The number of ether oxygens (including phenoxy) is 4. The van der Waals surface area contributed by atoms with Crippen LogP contribution in [0, 0.1) is 0 Å². The molecule has 27 heavy (non-hydrogen) atoms. The number of benzene rings is 2. The lowest BCUT2D eigenvalue weighted by Gasteiger charge is -2.26. The Balaban J connectivity index is 1.69. The van der Waals surface area contributed by atoms with Gasteiger partial charge in [0.1, 0.15) is 12.7 Å². The number of hydrogen-bond acceptors (Lipinski definition) is 6. The zero-order valence-corrected chi connectivity index (χ0v) is 16.1. The SMILES string of the molecule is CCOc1ccc(S(=O)(=O)NC[C@H]2COc3ccccc3O2)cc1OCC. The van der Waals surface area contributed by atoms with Crippen molar-refractivity contribution in [3.63, 3.8) is 0 Å². The summed E-state index contributed by atoms with van der Waals surface area (Å²) in [6.07, 6.45) is -0.413. The molecule has 1 N–H and O–H groups in total. The van der Waals surface area contributed by atoms with Gasteiger partial charge in [-0.3, -0.25) is 0 Å². The Morgan fingerprint density at radius 1 is 1.04 bits per heavy atom.